The number of halogens is 1. The summed E-state index contributed by atoms with van der Waals surface area (Å²) in [5.41, 5.74) is 2.92. The van der Waals surface area contributed by atoms with Gasteiger partial charge < -0.3 is 5.32 Å². The first-order chi connectivity index (χ1) is 7.22. The van der Waals surface area contributed by atoms with E-state index in [1.807, 2.05) is 6.07 Å². The van der Waals surface area contributed by atoms with Gasteiger partial charge in [-0.1, -0.05) is 24.6 Å². The smallest absolute Gasteiger partial charge is 0.0408 e. The Bertz CT molecular complexity index is 388. The lowest BCUT2D eigenvalue weighted by Crippen LogP contribution is -2.32. The number of hydrogen-bond donors (Lipinski definition) is 1. The second-order valence-corrected chi connectivity index (χ2v) is 5.44. The molecule has 1 saturated carbocycles. The molecule has 0 aromatic heterocycles. The summed E-state index contributed by atoms with van der Waals surface area (Å²) in [6.07, 6.45) is 3.68. The number of hydrogen-bond acceptors (Lipinski definition) is 1. The van der Waals surface area contributed by atoms with Crippen LogP contribution in [-0.2, 0) is 12.8 Å². The highest BCUT2D eigenvalue weighted by atomic mass is 35.5. The van der Waals surface area contributed by atoms with Crippen molar-refractivity contribution < 1.29 is 0 Å². The maximum Gasteiger partial charge on any atom is 0.0408 e. The highest BCUT2D eigenvalue weighted by Crippen LogP contribution is 2.32. The second kappa shape index (κ2) is 3.50. The third-order valence-corrected chi connectivity index (χ3v) is 3.90. The van der Waals surface area contributed by atoms with Crippen LogP contribution in [0.1, 0.15) is 24.5 Å². The van der Waals surface area contributed by atoms with E-state index < -0.39 is 0 Å². The van der Waals surface area contributed by atoms with Crippen LogP contribution in [-0.4, -0.2) is 12.1 Å². The molecule has 2 heteroatoms. The fourth-order valence-electron chi connectivity index (χ4n) is 2.56. The predicted molar refractivity (Wildman–Crippen MR) is 63.4 cm³/mol. The van der Waals surface area contributed by atoms with Gasteiger partial charge in [-0.25, -0.2) is 0 Å². The van der Waals surface area contributed by atoms with E-state index in [2.05, 4.69) is 24.4 Å². The molecule has 0 heterocycles. The molecule has 0 radical (unpaired) electrons. The first-order valence-corrected chi connectivity index (χ1v) is 6.13. The summed E-state index contributed by atoms with van der Waals surface area (Å²) in [5.74, 6) is 0.886. The van der Waals surface area contributed by atoms with E-state index >= 15 is 0 Å². The highest BCUT2D eigenvalue weighted by Gasteiger charge is 2.35. The molecule has 80 valence electrons. The van der Waals surface area contributed by atoms with E-state index in [1.54, 1.807) is 0 Å². The monoisotopic (exact) mass is 221 g/mol. The van der Waals surface area contributed by atoms with Gasteiger partial charge in [-0.3, -0.25) is 0 Å². The van der Waals surface area contributed by atoms with Crippen LogP contribution in [0.4, 0.5) is 0 Å². The number of rotatable bonds is 2. The summed E-state index contributed by atoms with van der Waals surface area (Å²) in [6, 6.07) is 7.72. The van der Waals surface area contributed by atoms with Crippen LogP contribution in [0.15, 0.2) is 18.2 Å². The first-order valence-electron chi connectivity index (χ1n) is 5.76. The molecule has 1 aromatic carbocycles. The van der Waals surface area contributed by atoms with Crippen LogP contribution in [0.3, 0.4) is 0 Å². The van der Waals surface area contributed by atoms with E-state index in [0.717, 1.165) is 23.4 Å². The van der Waals surface area contributed by atoms with E-state index in [9.17, 15) is 0 Å². The van der Waals surface area contributed by atoms with Crippen molar-refractivity contribution in [1.29, 1.82) is 0 Å². The Kier molecular flexibility index (Phi) is 2.26. The van der Waals surface area contributed by atoms with Gasteiger partial charge in [0.05, 0.1) is 0 Å². The number of nitrogens with one attached hydrogen (secondary N) is 1. The molecule has 0 saturated heterocycles. The van der Waals surface area contributed by atoms with Gasteiger partial charge in [-0.15, -0.1) is 0 Å². The lowest BCUT2D eigenvalue weighted by Gasteiger charge is -2.10. The molecule has 1 aromatic rings. The van der Waals surface area contributed by atoms with Crippen molar-refractivity contribution in [3.05, 3.63) is 34.3 Å². The zero-order chi connectivity index (χ0) is 10.4. The molecule has 3 unspecified atom stereocenters. The van der Waals surface area contributed by atoms with Crippen LogP contribution < -0.4 is 5.32 Å². The van der Waals surface area contributed by atoms with Gasteiger partial charge in [-0.05, 0) is 48.4 Å². The fourth-order valence-corrected chi connectivity index (χ4v) is 2.76. The minimum Gasteiger partial charge on any atom is -0.310 e. The number of benzene rings is 1. The molecule has 1 nitrogen and oxygen atoms in total. The van der Waals surface area contributed by atoms with E-state index in [0.29, 0.717) is 6.04 Å². The standard InChI is InChI=1S/C13H16ClN/c1-8-4-13(8)15-12-6-9-2-3-11(14)5-10(9)7-12/h2-3,5,8,12-13,15H,4,6-7H2,1H3. The molecule has 0 amide bonds. The highest BCUT2D eigenvalue weighted by molar-refractivity contribution is 6.30. The van der Waals surface area contributed by atoms with E-state index in [4.69, 9.17) is 11.6 Å². The Morgan fingerprint density at radius 3 is 2.73 bits per heavy atom. The van der Waals surface area contributed by atoms with Gasteiger partial charge in [0, 0.05) is 17.1 Å². The van der Waals surface area contributed by atoms with Crippen molar-refractivity contribution in [2.75, 3.05) is 0 Å². The van der Waals surface area contributed by atoms with Gasteiger partial charge in [0.15, 0.2) is 0 Å². The molecular formula is C13H16ClN. The Balaban J connectivity index is 1.69. The van der Waals surface area contributed by atoms with Crippen LogP contribution in [0.2, 0.25) is 5.02 Å². The summed E-state index contributed by atoms with van der Waals surface area (Å²) < 4.78 is 0. The zero-order valence-corrected chi connectivity index (χ0v) is 9.72. The minimum atomic E-state index is 0.647. The topological polar surface area (TPSA) is 12.0 Å². The van der Waals surface area contributed by atoms with Crippen LogP contribution in [0.25, 0.3) is 0 Å². The molecule has 0 aliphatic heterocycles. The molecule has 3 atom stereocenters. The third kappa shape index (κ3) is 1.91. The maximum atomic E-state index is 5.99. The molecule has 2 aliphatic carbocycles. The molecule has 2 aliphatic rings. The van der Waals surface area contributed by atoms with Crippen molar-refractivity contribution >= 4 is 11.6 Å². The Labute approximate surface area is 95.8 Å². The molecule has 3 rings (SSSR count). The lowest BCUT2D eigenvalue weighted by atomic mass is 10.1. The quantitative estimate of drug-likeness (QED) is 0.810. The van der Waals surface area contributed by atoms with Gasteiger partial charge in [-0.2, -0.15) is 0 Å². The average molecular weight is 222 g/mol. The summed E-state index contributed by atoms with van der Waals surface area (Å²) in [7, 11) is 0. The molecule has 0 spiro atoms. The molecule has 1 fully saturated rings. The second-order valence-electron chi connectivity index (χ2n) is 5.00. The van der Waals surface area contributed by atoms with Crippen LogP contribution >= 0.6 is 11.6 Å². The summed E-state index contributed by atoms with van der Waals surface area (Å²) >= 11 is 5.99. The third-order valence-electron chi connectivity index (χ3n) is 3.66. The largest absolute Gasteiger partial charge is 0.310 e. The van der Waals surface area contributed by atoms with E-state index in [1.165, 1.54) is 24.0 Å². The zero-order valence-electron chi connectivity index (χ0n) is 8.96. The molecular weight excluding hydrogens is 206 g/mol. The molecule has 1 N–H and O–H groups in total. The van der Waals surface area contributed by atoms with E-state index in [-0.39, 0.29) is 0 Å². The van der Waals surface area contributed by atoms with Gasteiger partial charge >= 0.3 is 0 Å². The molecule has 0 bridgehead atoms. The fraction of sp³-hybridized carbons (Fsp3) is 0.538. The van der Waals surface area contributed by atoms with Crippen molar-refractivity contribution in [3.63, 3.8) is 0 Å². The summed E-state index contributed by atoms with van der Waals surface area (Å²) in [5, 5.41) is 4.60. The number of fused-ring (bicyclic) bond motifs is 1. The van der Waals surface area contributed by atoms with Crippen LogP contribution in [0.5, 0.6) is 0 Å². The van der Waals surface area contributed by atoms with Crippen molar-refractivity contribution in [2.24, 2.45) is 5.92 Å². The normalized spacial score (nSPS) is 32.8. The first kappa shape index (κ1) is 9.68. The Hall–Kier alpha value is -0.530. The average Bonchev–Trinajstić information content (AvgIpc) is 2.75. The summed E-state index contributed by atoms with van der Waals surface area (Å²) in [6.45, 7) is 2.32. The van der Waals surface area contributed by atoms with Gasteiger partial charge in [0.25, 0.3) is 0 Å². The lowest BCUT2D eigenvalue weighted by molar-refractivity contribution is 0.515. The van der Waals surface area contributed by atoms with Crippen molar-refractivity contribution in [1.82, 2.24) is 5.32 Å². The van der Waals surface area contributed by atoms with Crippen molar-refractivity contribution in [2.45, 2.75) is 38.3 Å². The summed E-state index contributed by atoms with van der Waals surface area (Å²) in [4.78, 5) is 0. The van der Waals surface area contributed by atoms with Crippen LogP contribution in [0, 0.1) is 5.92 Å². The maximum absolute atomic E-state index is 5.99. The molecule has 15 heavy (non-hydrogen) atoms. The minimum absolute atomic E-state index is 0.647. The Morgan fingerprint density at radius 2 is 2.00 bits per heavy atom. The van der Waals surface area contributed by atoms with Gasteiger partial charge in [0.2, 0.25) is 0 Å². The SMILES string of the molecule is CC1CC1NC1Cc2ccc(Cl)cc2C1. The Morgan fingerprint density at radius 1 is 1.27 bits per heavy atom. The predicted octanol–water partition coefficient (Wildman–Crippen LogP) is 2.81. The van der Waals surface area contributed by atoms with Crippen molar-refractivity contribution in [3.8, 4) is 0 Å². The van der Waals surface area contributed by atoms with Gasteiger partial charge in [0.1, 0.15) is 0 Å².